The number of hydrogen-bond donors (Lipinski definition) is 1. The van der Waals surface area contributed by atoms with Crippen molar-refractivity contribution in [2.24, 2.45) is 16.7 Å². The number of nitrogens with one attached hydrogen (secondary N) is 1. The molecule has 0 amide bonds. The van der Waals surface area contributed by atoms with E-state index in [-0.39, 0.29) is 5.56 Å². The summed E-state index contributed by atoms with van der Waals surface area (Å²) < 4.78 is 39.7. The Hall–Kier alpha value is -3.80. The minimum Gasteiger partial charge on any atom is -0.443 e. The van der Waals surface area contributed by atoms with Crippen LogP contribution in [0.2, 0.25) is 0 Å². The van der Waals surface area contributed by atoms with Gasteiger partial charge in [-0.3, -0.25) is 5.41 Å². The van der Waals surface area contributed by atoms with Gasteiger partial charge in [-0.05, 0) is 24.6 Å². The molecule has 31 heavy (non-hydrogen) atoms. The summed E-state index contributed by atoms with van der Waals surface area (Å²) in [6, 6.07) is 15.6. The predicted octanol–water partition coefficient (Wildman–Crippen LogP) is 4.38. The molecule has 4 atom stereocenters. The Labute approximate surface area is 177 Å². The summed E-state index contributed by atoms with van der Waals surface area (Å²) in [7, 11) is 0. The van der Waals surface area contributed by atoms with Gasteiger partial charge in [-0.25, -0.2) is 8.78 Å². The van der Waals surface area contributed by atoms with Gasteiger partial charge in [0.25, 0.3) is 0 Å². The SMILES string of the molecule is Cc1ccc(C23OC(=N)C(C#N)(C2C)C(C#N)(C#N)C(c2ccc(F)c(F)c2)O3)cc1. The standard InChI is InChI=1S/C23H16F2N4O2/c1-13-3-6-16(7-4-13)23-14(2)22(12-28,20(29)31-23)21(10-26,11-27)19(30-23)15-5-8-17(24)18(25)9-15/h3-9,14,19,29H,1-2H3. The molecule has 0 aromatic heterocycles. The van der Waals surface area contributed by atoms with Gasteiger partial charge in [0.2, 0.25) is 17.1 Å². The third kappa shape index (κ3) is 2.33. The van der Waals surface area contributed by atoms with Crippen molar-refractivity contribution >= 4 is 5.90 Å². The first-order chi connectivity index (χ1) is 14.7. The first-order valence-electron chi connectivity index (χ1n) is 9.44. The number of fused-ring (bicyclic) bond motifs is 2. The fraction of sp³-hybridized carbons (Fsp3) is 0.304. The first-order valence-corrected chi connectivity index (χ1v) is 9.44. The molecule has 2 aromatic carbocycles. The first kappa shape index (κ1) is 20.5. The van der Waals surface area contributed by atoms with Gasteiger partial charge in [0.1, 0.15) is 6.10 Å². The number of rotatable bonds is 2. The van der Waals surface area contributed by atoms with Gasteiger partial charge in [0.15, 0.2) is 17.0 Å². The summed E-state index contributed by atoms with van der Waals surface area (Å²) in [6.45, 7) is 3.46. The number of ether oxygens (including phenoxy) is 2. The van der Waals surface area contributed by atoms with E-state index in [1.165, 1.54) is 6.07 Å². The lowest BCUT2D eigenvalue weighted by molar-refractivity contribution is -0.288. The summed E-state index contributed by atoms with van der Waals surface area (Å²) in [5.41, 5.74) is -2.83. The van der Waals surface area contributed by atoms with Crippen molar-refractivity contribution in [1.82, 2.24) is 0 Å². The Balaban J connectivity index is 2.04. The maximum absolute atomic E-state index is 14.1. The highest BCUT2D eigenvalue weighted by molar-refractivity contribution is 5.89. The molecule has 2 aromatic rings. The second-order valence-electron chi connectivity index (χ2n) is 7.81. The number of aryl methyl sites for hydroxylation is 1. The van der Waals surface area contributed by atoms with E-state index in [9.17, 15) is 24.6 Å². The highest BCUT2D eigenvalue weighted by atomic mass is 19.2. The van der Waals surface area contributed by atoms with Crippen molar-refractivity contribution in [1.29, 1.82) is 21.2 Å². The number of halogens is 2. The Kier molecular flexibility index (Phi) is 4.36. The number of nitriles is 3. The van der Waals surface area contributed by atoms with E-state index in [2.05, 4.69) is 0 Å². The van der Waals surface area contributed by atoms with Crippen LogP contribution in [0.4, 0.5) is 8.78 Å². The molecule has 8 heteroatoms. The second kappa shape index (κ2) is 6.60. The third-order valence-corrected chi connectivity index (χ3v) is 6.37. The van der Waals surface area contributed by atoms with Crippen molar-refractivity contribution in [3.05, 3.63) is 70.8 Å². The second-order valence-corrected chi connectivity index (χ2v) is 7.81. The lowest BCUT2D eigenvalue weighted by Gasteiger charge is -2.48. The molecular weight excluding hydrogens is 402 g/mol. The number of benzene rings is 2. The molecule has 2 heterocycles. The zero-order valence-electron chi connectivity index (χ0n) is 16.6. The van der Waals surface area contributed by atoms with E-state index in [1.54, 1.807) is 31.2 Å². The molecule has 6 nitrogen and oxygen atoms in total. The van der Waals surface area contributed by atoms with Crippen LogP contribution in [0.15, 0.2) is 42.5 Å². The maximum atomic E-state index is 14.1. The fourth-order valence-electron chi connectivity index (χ4n) is 4.63. The summed E-state index contributed by atoms with van der Waals surface area (Å²) in [4.78, 5) is 0. The van der Waals surface area contributed by atoms with E-state index in [4.69, 9.17) is 14.9 Å². The molecule has 2 saturated heterocycles. The van der Waals surface area contributed by atoms with Gasteiger partial charge < -0.3 is 9.47 Å². The van der Waals surface area contributed by atoms with Crippen LogP contribution < -0.4 is 0 Å². The highest BCUT2D eigenvalue weighted by Gasteiger charge is 2.79. The molecule has 0 radical (unpaired) electrons. The van der Waals surface area contributed by atoms with Crippen molar-refractivity contribution < 1.29 is 18.3 Å². The number of hydrogen-bond acceptors (Lipinski definition) is 6. The third-order valence-electron chi connectivity index (χ3n) is 6.37. The summed E-state index contributed by atoms with van der Waals surface area (Å²) >= 11 is 0. The molecule has 4 unspecified atom stereocenters. The van der Waals surface area contributed by atoms with Crippen molar-refractivity contribution in [2.75, 3.05) is 0 Å². The van der Waals surface area contributed by atoms with Gasteiger partial charge in [0, 0.05) is 5.56 Å². The van der Waals surface area contributed by atoms with Crippen molar-refractivity contribution in [3.8, 4) is 18.2 Å². The Morgan fingerprint density at radius 2 is 1.61 bits per heavy atom. The van der Waals surface area contributed by atoms with Crippen LogP contribution in [0.25, 0.3) is 0 Å². The molecule has 1 N–H and O–H groups in total. The van der Waals surface area contributed by atoms with E-state index in [0.717, 1.165) is 17.7 Å². The average Bonchev–Trinajstić information content (AvgIpc) is 2.92. The highest BCUT2D eigenvalue weighted by Crippen LogP contribution is 2.68. The molecule has 0 aliphatic carbocycles. The topological polar surface area (TPSA) is 114 Å². The van der Waals surface area contributed by atoms with Gasteiger partial charge in [-0.2, -0.15) is 15.8 Å². The molecule has 154 valence electrons. The van der Waals surface area contributed by atoms with Crippen LogP contribution in [0, 0.1) is 74.7 Å². The minimum absolute atomic E-state index is 0.0108. The molecule has 4 rings (SSSR count). The van der Waals surface area contributed by atoms with Crippen LogP contribution in [0.1, 0.15) is 29.7 Å². The van der Waals surface area contributed by atoms with Gasteiger partial charge >= 0.3 is 0 Å². The van der Waals surface area contributed by atoms with Crippen LogP contribution in [0.5, 0.6) is 0 Å². The van der Waals surface area contributed by atoms with Gasteiger partial charge in [0.05, 0.1) is 24.1 Å². The molecule has 2 fully saturated rings. The zero-order valence-corrected chi connectivity index (χ0v) is 16.6. The Morgan fingerprint density at radius 3 is 2.16 bits per heavy atom. The summed E-state index contributed by atoms with van der Waals surface area (Å²) in [5, 5.41) is 38.9. The summed E-state index contributed by atoms with van der Waals surface area (Å²) in [6.07, 6.45) is -1.49. The van der Waals surface area contributed by atoms with Crippen molar-refractivity contribution in [2.45, 2.75) is 25.7 Å². The monoisotopic (exact) mass is 418 g/mol. The van der Waals surface area contributed by atoms with Crippen LogP contribution >= 0.6 is 0 Å². The maximum Gasteiger partial charge on any atom is 0.244 e. The molecule has 2 aliphatic heterocycles. The van der Waals surface area contributed by atoms with Gasteiger partial charge in [-0.1, -0.05) is 42.8 Å². The number of nitrogens with zero attached hydrogens (tertiary/aromatic N) is 3. The minimum atomic E-state index is -2.24. The largest absolute Gasteiger partial charge is 0.443 e. The lowest BCUT2D eigenvalue weighted by atomic mass is 9.53. The van der Waals surface area contributed by atoms with E-state index in [0.29, 0.717) is 5.56 Å². The van der Waals surface area contributed by atoms with Gasteiger partial charge in [-0.15, -0.1) is 0 Å². The normalized spacial score (nSPS) is 30.5. The fourth-order valence-corrected chi connectivity index (χ4v) is 4.63. The van der Waals surface area contributed by atoms with Crippen LogP contribution in [-0.2, 0) is 15.3 Å². The molecule has 2 bridgehead atoms. The molecular formula is C23H16F2N4O2. The molecule has 0 saturated carbocycles. The van der Waals surface area contributed by atoms with Crippen LogP contribution in [0.3, 0.4) is 0 Å². The quantitative estimate of drug-likeness (QED) is 0.777. The Morgan fingerprint density at radius 1 is 0.968 bits per heavy atom. The van der Waals surface area contributed by atoms with Crippen molar-refractivity contribution in [3.63, 3.8) is 0 Å². The average molecular weight is 418 g/mol. The summed E-state index contributed by atoms with van der Waals surface area (Å²) in [5.74, 6) is -5.48. The Bertz CT molecular complexity index is 1210. The molecule has 0 spiro atoms. The molecule has 2 aliphatic rings. The lowest BCUT2D eigenvalue weighted by Crippen LogP contribution is -2.57. The van der Waals surface area contributed by atoms with E-state index < -0.39 is 46.2 Å². The smallest absolute Gasteiger partial charge is 0.244 e. The van der Waals surface area contributed by atoms with Crippen LogP contribution in [-0.4, -0.2) is 5.90 Å². The van der Waals surface area contributed by atoms with E-state index in [1.807, 2.05) is 25.1 Å². The zero-order chi connectivity index (χ0) is 22.6. The predicted molar refractivity (Wildman–Crippen MR) is 103 cm³/mol. The van der Waals surface area contributed by atoms with E-state index >= 15 is 0 Å².